The van der Waals surface area contributed by atoms with Gasteiger partial charge in [0.15, 0.2) is 0 Å². The van der Waals surface area contributed by atoms with E-state index in [1.54, 1.807) is 30.5 Å². The first-order chi connectivity index (χ1) is 9.89. The highest BCUT2D eigenvalue weighted by molar-refractivity contribution is 9.10. The first-order valence-corrected chi connectivity index (χ1v) is 9.09. The van der Waals surface area contributed by atoms with E-state index < -0.39 is 10.0 Å². The summed E-state index contributed by atoms with van der Waals surface area (Å²) in [6.07, 6.45) is 0. The number of halogens is 1. The molecule has 8 heteroatoms. The van der Waals surface area contributed by atoms with E-state index in [1.807, 2.05) is 0 Å². The third kappa shape index (κ3) is 3.39. The van der Waals surface area contributed by atoms with E-state index >= 15 is 0 Å². The highest BCUT2D eigenvalue weighted by Gasteiger charge is 2.23. The molecule has 114 valence electrons. The minimum atomic E-state index is -3.74. The number of sulfonamides is 1. The zero-order valence-corrected chi connectivity index (χ0v) is 14.6. The molecular formula is C13H14BrNO4S2. The Balaban J connectivity index is 2.37. The van der Waals surface area contributed by atoms with Gasteiger partial charge in [0.2, 0.25) is 0 Å². The van der Waals surface area contributed by atoms with Crippen molar-refractivity contribution in [1.82, 2.24) is 0 Å². The largest absolute Gasteiger partial charge is 0.496 e. The van der Waals surface area contributed by atoms with Crippen molar-refractivity contribution in [3.8, 4) is 5.75 Å². The van der Waals surface area contributed by atoms with E-state index in [9.17, 15) is 13.5 Å². The third-order valence-electron chi connectivity index (χ3n) is 2.81. The molecule has 0 unspecified atom stereocenters. The highest BCUT2D eigenvalue weighted by Crippen LogP contribution is 2.31. The Morgan fingerprint density at radius 2 is 2.14 bits per heavy atom. The number of aliphatic hydroxyl groups is 1. The summed E-state index contributed by atoms with van der Waals surface area (Å²) in [6.45, 7) is 1.40. The van der Waals surface area contributed by atoms with Gasteiger partial charge in [-0.3, -0.25) is 4.72 Å². The number of rotatable bonds is 5. The van der Waals surface area contributed by atoms with E-state index in [4.69, 9.17) is 4.74 Å². The van der Waals surface area contributed by atoms with E-state index in [1.165, 1.54) is 18.4 Å². The molecule has 0 atom stereocenters. The van der Waals surface area contributed by atoms with Crippen LogP contribution in [-0.4, -0.2) is 20.6 Å². The fourth-order valence-corrected chi connectivity index (χ4v) is 5.15. The summed E-state index contributed by atoms with van der Waals surface area (Å²) >= 11 is 4.53. The number of benzene rings is 1. The monoisotopic (exact) mass is 391 g/mol. The maximum Gasteiger partial charge on any atom is 0.263 e. The Morgan fingerprint density at radius 1 is 1.43 bits per heavy atom. The summed E-state index contributed by atoms with van der Waals surface area (Å²) in [5.74, 6) is 0.612. The molecule has 0 saturated heterocycles. The van der Waals surface area contributed by atoms with Gasteiger partial charge in [0.05, 0.1) is 28.8 Å². The van der Waals surface area contributed by atoms with Crippen LogP contribution >= 0.6 is 27.3 Å². The average molecular weight is 392 g/mol. The van der Waals surface area contributed by atoms with Crippen molar-refractivity contribution in [3.05, 3.63) is 38.5 Å². The average Bonchev–Trinajstić information content (AvgIpc) is 2.80. The van der Waals surface area contributed by atoms with Crippen LogP contribution in [0.25, 0.3) is 0 Å². The van der Waals surface area contributed by atoms with Gasteiger partial charge in [0.1, 0.15) is 10.6 Å². The minimum absolute atomic E-state index is 0.141. The SMILES string of the molecule is COc1ccc(NS(=O)(=O)c2c(C)csc2CO)cc1Br. The van der Waals surface area contributed by atoms with Crippen molar-refractivity contribution in [1.29, 1.82) is 0 Å². The third-order valence-corrected chi connectivity index (χ3v) is 6.25. The van der Waals surface area contributed by atoms with Crippen LogP contribution in [0.3, 0.4) is 0 Å². The van der Waals surface area contributed by atoms with E-state index in [-0.39, 0.29) is 11.5 Å². The predicted molar refractivity (Wildman–Crippen MR) is 86.5 cm³/mol. The number of hydrogen-bond acceptors (Lipinski definition) is 5. The van der Waals surface area contributed by atoms with Crippen molar-refractivity contribution in [2.24, 2.45) is 0 Å². The van der Waals surface area contributed by atoms with Crippen LogP contribution in [0, 0.1) is 6.92 Å². The van der Waals surface area contributed by atoms with E-state index in [0.29, 0.717) is 26.4 Å². The molecular weight excluding hydrogens is 378 g/mol. The highest BCUT2D eigenvalue weighted by atomic mass is 79.9. The molecule has 1 heterocycles. The van der Waals surface area contributed by atoms with Crippen LogP contribution < -0.4 is 9.46 Å². The fourth-order valence-electron chi connectivity index (χ4n) is 1.89. The number of thiophene rings is 1. The molecule has 2 rings (SSSR count). The van der Waals surface area contributed by atoms with Gasteiger partial charge in [-0.1, -0.05) is 0 Å². The molecule has 0 aliphatic heterocycles. The van der Waals surface area contributed by atoms with Crippen LogP contribution in [0.15, 0.2) is 32.9 Å². The number of anilines is 1. The van der Waals surface area contributed by atoms with Crippen molar-refractivity contribution < 1.29 is 18.3 Å². The summed E-state index contributed by atoms with van der Waals surface area (Å²) in [7, 11) is -2.21. The Kier molecular flexibility index (Phi) is 4.92. The molecule has 0 fully saturated rings. The topological polar surface area (TPSA) is 75.6 Å². The molecule has 0 radical (unpaired) electrons. The van der Waals surface area contributed by atoms with Crippen molar-refractivity contribution >= 4 is 43.0 Å². The quantitative estimate of drug-likeness (QED) is 0.820. The molecule has 0 bridgehead atoms. The van der Waals surface area contributed by atoms with Crippen molar-refractivity contribution in [2.75, 3.05) is 11.8 Å². The Morgan fingerprint density at radius 3 is 2.71 bits per heavy atom. The number of nitrogens with one attached hydrogen (secondary N) is 1. The standard InChI is InChI=1S/C13H14BrNO4S2/c1-8-7-20-12(6-16)13(8)21(17,18)15-9-3-4-11(19-2)10(14)5-9/h3-5,7,15-16H,6H2,1-2H3. The Bertz CT molecular complexity index is 756. The number of hydrogen-bond donors (Lipinski definition) is 2. The lowest BCUT2D eigenvalue weighted by Crippen LogP contribution is -2.15. The molecule has 21 heavy (non-hydrogen) atoms. The van der Waals surface area contributed by atoms with Crippen LogP contribution in [0.1, 0.15) is 10.4 Å². The van der Waals surface area contributed by atoms with Gasteiger partial charge in [-0.2, -0.15) is 0 Å². The second-order valence-corrected chi connectivity index (χ2v) is 7.72. The summed E-state index contributed by atoms with van der Waals surface area (Å²) in [6, 6.07) is 4.90. The maximum atomic E-state index is 12.5. The first-order valence-electron chi connectivity index (χ1n) is 5.93. The Hall–Kier alpha value is -1.09. The fraction of sp³-hybridized carbons (Fsp3) is 0.231. The molecule has 0 aliphatic carbocycles. The lowest BCUT2D eigenvalue weighted by molar-refractivity contribution is 0.282. The smallest absolute Gasteiger partial charge is 0.263 e. The lowest BCUT2D eigenvalue weighted by Gasteiger charge is -2.11. The van der Waals surface area contributed by atoms with Crippen LogP contribution in [0.5, 0.6) is 5.75 Å². The molecule has 1 aromatic carbocycles. The predicted octanol–water partition coefficient (Wildman–Crippen LogP) is 3.12. The summed E-state index contributed by atoms with van der Waals surface area (Å²) in [5.41, 5.74) is 1.03. The molecule has 1 aromatic heterocycles. The zero-order chi connectivity index (χ0) is 15.6. The van der Waals surface area contributed by atoms with Gasteiger partial charge in [0, 0.05) is 0 Å². The summed E-state index contributed by atoms with van der Waals surface area (Å²) in [5, 5.41) is 11.0. The summed E-state index contributed by atoms with van der Waals surface area (Å²) < 4.78 is 33.2. The maximum absolute atomic E-state index is 12.5. The second-order valence-electron chi connectivity index (χ2n) is 4.28. The molecule has 5 nitrogen and oxygen atoms in total. The van der Waals surface area contributed by atoms with Crippen molar-refractivity contribution in [2.45, 2.75) is 18.4 Å². The van der Waals surface area contributed by atoms with Gasteiger partial charge in [0.25, 0.3) is 10.0 Å². The molecule has 2 N–H and O–H groups in total. The van der Waals surface area contributed by atoms with Gasteiger partial charge in [-0.05, 0) is 52.0 Å². The first kappa shape index (κ1) is 16.3. The molecule has 0 saturated carbocycles. The van der Waals surface area contributed by atoms with Crippen LogP contribution in [0.2, 0.25) is 0 Å². The van der Waals surface area contributed by atoms with Crippen LogP contribution in [0.4, 0.5) is 5.69 Å². The van der Waals surface area contributed by atoms with Crippen molar-refractivity contribution in [3.63, 3.8) is 0 Å². The number of ether oxygens (including phenoxy) is 1. The Labute approximate surface area is 135 Å². The van der Waals surface area contributed by atoms with Gasteiger partial charge in [-0.25, -0.2) is 8.42 Å². The molecule has 0 amide bonds. The van der Waals surface area contributed by atoms with E-state index in [2.05, 4.69) is 20.7 Å². The second kappa shape index (κ2) is 6.35. The lowest BCUT2D eigenvalue weighted by atomic mass is 10.3. The van der Waals surface area contributed by atoms with Crippen LogP contribution in [-0.2, 0) is 16.6 Å². The zero-order valence-electron chi connectivity index (χ0n) is 11.4. The number of methoxy groups -OCH3 is 1. The number of aliphatic hydroxyl groups excluding tert-OH is 1. The normalized spacial score (nSPS) is 11.4. The number of aryl methyl sites for hydroxylation is 1. The summed E-state index contributed by atoms with van der Waals surface area (Å²) in [4.78, 5) is 0.564. The van der Waals surface area contributed by atoms with Gasteiger partial charge >= 0.3 is 0 Å². The molecule has 0 spiro atoms. The van der Waals surface area contributed by atoms with Gasteiger partial charge in [-0.15, -0.1) is 11.3 Å². The molecule has 0 aliphatic rings. The van der Waals surface area contributed by atoms with Gasteiger partial charge < -0.3 is 9.84 Å². The van der Waals surface area contributed by atoms with E-state index in [0.717, 1.165) is 0 Å². The molecule has 2 aromatic rings. The minimum Gasteiger partial charge on any atom is -0.496 e.